The average Bonchev–Trinajstić information content (AvgIpc) is 3.01. The summed E-state index contributed by atoms with van der Waals surface area (Å²) in [4.78, 5) is 18.9. The van der Waals surface area contributed by atoms with E-state index in [9.17, 15) is 22.4 Å². The fourth-order valence-corrected chi connectivity index (χ4v) is 4.32. The zero-order chi connectivity index (χ0) is 22.5. The third kappa shape index (κ3) is 3.59. The summed E-state index contributed by atoms with van der Waals surface area (Å²) < 4.78 is 54.5. The van der Waals surface area contributed by atoms with Gasteiger partial charge in [0.15, 0.2) is 0 Å². The zero-order valence-electron chi connectivity index (χ0n) is 16.9. The van der Waals surface area contributed by atoms with E-state index in [0.29, 0.717) is 25.1 Å². The van der Waals surface area contributed by atoms with Crippen molar-refractivity contribution in [2.45, 2.75) is 38.5 Å². The van der Waals surface area contributed by atoms with Crippen LogP contribution in [0.1, 0.15) is 28.8 Å². The normalized spacial score (nSPS) is 15.4. The Morgan fingerprint density at radius 2 is 1.97 bits per heavy atom. The van der Waals surface area contributed by atoms with Gasteiger partial charge in [0.05, 0.1) is 29.2 Å². The highest BCUT2D eigenvalue weighted by Gasteiger charge is 2.35. The minimum absolute atomic E-state index is 0.115. The number of hydrogen-bond donors (Lipinski definition) is 1. The summed E-state index contributed by atoms with van der Waals surface area (Å²) >= 11 is 0. The lowest BCUT2D eigenvalue weighted by Crippen LogP contribution is -2.38. The van der Waals surface area contributed by atoms with Crippen LogP contribution in [-0.2, 0) is 32.1 Å². The molecule has 2 aliphatic rings. The smallest absolute Gasteiger partial charge is 0.320 e. The van der Waals surface area contributed by atoms with Gasteiger partial charge in [-0.15, -0.1) is 0 Å². The van der Waals surface area contributed by atoms with Crippen molar-refractivity contribution in [3.63, 3.8) is 0 Å². The first kappa shape index (κ1) is 20.5. The fourth-order valence-electron chi connectivity index (χ4n) is 4.32. The van der Waals surface area contributed by atoms with Crippen molar-refractivity contribution in [3.05, 3.63) is 64.7 Å². The number of nitrogens with one attached hydrogen (secondary N) is 1. The second kappa shape index (κ2) is 7.61. The van der Waals surface area contributed by atoms with E-state index in [1.165, 1.54) is 4.90 Å². The molecule has 2 amide bonds. The van der Waals surface area contributed by atoms with Gasteiger partial charge in [0.1, 0.15) is 5.82 Å². The topological polar surface area (TPSA) is 63.1 Å². The first-order chi connectivity index (χ1) is 15.3. The monoisotopic (exact) mass is 445 g/mol. The largest absolute Gasteiger partial charge is 0.419 e. The van der Waals surface area contributed by atoms with Crippen molar-refractivity contribution in [3.8, 4) is 11.4 Å². The molecule has 0 saturated heterocycles. The molecule has 0 fully saturated rings. The van der Waals surface area contributed by atoms with E-state index in [1.807, 2.05) is 16.8 Å². The number of alkyl halides is 3. The SMILES string of the molecule is O=C(Nc1ccc(F)c(C(F)(F)F)c1)N1CCc2nn3c(c2C1)-c1ncccc1CCC3. The van der Waals surface area contributed by atoms with E-state index in [2.05, 4.69) is 10.3 Å². The summed E-state index contributed by atoms with van der Waals surface area (Å²) in [5.74, 6) is -1.38. The van der Waals surface area contributed by atoms with E-state index in [1.54, 1.807) is 6.20 Å². The molecule has 10 heteroatoms. The van der Waals surface area contributed by atoms with Gasteiger partial charge in [0, 0.05) is 37.0 Å². The van der Waals surface area contributed by atoms with Crippen LogP contribution in [0.3, 0.4) is 0 Å². The molecule has 32 heavy (non-hydrogen) atoms. The Labute approximate surface area is 180 Å². The van der Waals surface area contributed by atoms with E-state index in [4.69, 9.17) is 5.10 Å². The van der Waals surface area contributed by atoms with E-state index >= 15 is 0 Å². The molecule has 0 bridgehead atoms. The number of benzene rings is 1. The molecule has 2 aromatic heterocycles. The number of anilines is 1. The van der Waals surface area contributed by atoms with Crippen LogP contribution in [0.2, 0.25) is 0 Å². The van der Waals surface area contributed by atoms with Crippen LogP contribution in [-0.4, -0.2) is 32.2 Å². The molecule has 4 heterocycles. The molecule has 0 unspecified atom stereocenters. The summed E-state index contributed by atoms with van der Waals surface area (Å²) in [6.45, 7) is 1.39. The molecular formula is C22H19F4N5O. The molecule has 166 valence electrons. The van der Waals surface area contributed by atoms with Gasteiger partial charge in [0.2, 0.25) is 0 Å². The van der Waals surface area contributed by atoms with Gasteiger partial charge in [-0.2, -0.15) is 18.3 Å². The van der Waals surface area contributed by atoms with Gasteiger partial charge >= 0.3 is 12.2 Å². The van der Waals surface area contributed by atoms with Crippen molar-refractivity contribution in [1.82, 2.24) is 19.7 Å². The summed E-state index contributed by atoms with van der Waals surface area (Å²) in [6, 6.07) is 5.81. The molecule has 0 aliphatic carbocycles. The predicted molar refractivity (Wildman–Crippen MR) is 108 cm³/mol. The Morgan fingerprint density at radius 3 is 2.78 bits per heavy atom. The average molecular weight is 445 g/mol. The third-order valence-electron chi connectivity index (χ3n) is 5.84. The lowest BCUT2D eigenvalue weighted by atomic mass is 10.0. The lowest BCUT2D eigenvalue weighted by Gasteiger charge is -2.27. The quantitative estimate of drug-likeness (QED) is 0.555. The molecule has 0 radical (unpaired) electrons. The number of nitrogens with zero attached hydrogens (tertiary/aromatic N) is 4. The number of aromatic nitrogens is 3. The maximum absolute atomic E-state index is 13.5. The van der Waals surface area contributed by atoms with Gasteiger partial charge in [-0.1, -0.05) is 6.07 Å². The number of carbonyl (C=O) groups excluding carboxylic acids is 1. The first-order valence-electron chi connectivity index (χ1n) is 10.3. The Kier molecular flexibility index (Phi) is 4.87. The number of rotatable bonds is 1. The van der Waals surface area contributed by atoms with Crippen LogP contribution in [0.4, 0.5) is 28.0 Å². The highest BCUT2D eigenvalue weighted by molar-refractivity contribution is 5.89. The van der Waals surface area contributed by atoms with E-state index in [0.717, 1.165) is 53.7 Å². The Bertz CT molecular complexity index is 1200. The van der Waals surface area contributed by atoms with Gasteiger partial charge in [-0.3, -0.25) is 9.67 Å². The molecule has 0 atom stereocenters. The van der Waals surface area contributed by atoms with Crippen molar-refractivity contribution in [2.75, 3.05) is 11.9 Å². The lowest BCUT2D eigenvalue weighted by molar-refractivity contribution is -0.139. The summed E-state index contributed by atoms with van der Waals surface area (Å²) in [6.07, 6.45) is -0.767. The third-order valence-corrected chi connectivity index (χ3v) is 5.84. The van der Waals surface area contributed by atoms with Crippen LogP contribution in [0.15, 0.2) is 36.5 Å². The molecule has 0 saturated carbocycles. The predicted octanol–water partition coefficient (Wildman–Crippen LogP) is 4.64. The second-order valence-electron chi connectivity index (χ2n) is 7.91. The molecular weight excluding hydrogens is 426 g/mol. The number of fused-ring (bicyclic) bond motifs is 5. The maximum atomic E-state index is 13.5. The number of aryl methyl sites for hydroxylation is 2. The van der Waals surface area contributed by atoms with Crippen molar-refractivity contribution in [1.29, 1.82) is 0 Å². The Balaban J connectivity index is 1.41. The van der Waals surface area contributed by atoms with Crippen LogP contribution < -0.4 is 5.32 Å². The van der Waals surface area contributed by atoms with Gasteiger partial charge in [0.25, 0.3) is 0 Å². The molecule has 1 aromatic carbocycles. The highest BCUT2D eigenvalue weighted by Crippen LogP contribution is 2.35. The molecule has 3 aromatic rings. The molecule has 5 rings (SSSR count). The summed E-state index contributed by atoms with van der Waals surface area (Å²) in [5, 5.41) is 7.19. The van der Waals surface area contributed by atoms with E-state index in [-0.39, 0.29) is 12.2 Å². The first-order valence-corrected chi connectivity index (χ1v) is 10.3. The summed E-state index contributed by atoms with van der Waals surface area (Å²) in [7, 11) is 0. The van der Waals surface area contributed by atoms with Crippen LogP contribution in [0.5, 0.6) is 0 Å². The number of urea groups is 1. The number of hydrogen-bond acceptors (Lipinski definition) is 3. The van der Waals surface area contributed by atoms with Gasteiger partial charge < -0.3 is 10.2 Å². The van der Waals surface area contributed by atoms with Crippen LogP contribution in [0.25, 0.3) is 11.4 Å². The Hall–Kier alpha value is -3.43. The number of halogens is 4. The molecule has 1 N–H and O–H groups in total. The van der Waals surface area contributed by atoms with Gasteiger partial charge in [-0.05, 0) is 42.7 Å². The van der Waals surface area contributed by atoms with Crippen molar-refractivity contribution < 1.29 is 22.4 Å². The van der Waals surface area contributed by atoms with Crippen molar-refractivity contribution in [2.24, 2.45) is 0 Å². The minimum atomic E-state index is -4.85. The summed E-state index contributed by atoms with van der Waals surface area (Å²) in [5.41, 5.74) is 3.16. The van der Waals surface area contributed by atoms with Gasteiger partial charge in [-0.25, -0.2) is 9.18 Å². The van der Waals surface area contributed by atoms with E-state index < -0.39 is 23.6 Å². The van der Waals surface area contributed by atoms with Crippen LogP contribution in [0, 0.1) is 5.82 Å². The molecule has 0 spiro atoms. The maximum Gasteiger partial charge on any atom is 0.419 e. The standard InChI is InChI=1S/C22H19F4N5O/c23-17-6-5-14(11-16(17)22(24,25)26)28-21(32)30-10-7-18-15(12-30)20-19-13(3-1-8-27-19)4-2-9-31(20)29-18/h1,3,5-6,8,11H,2,4,7,9-10,12H2,(H,28,32). The Morgan fingerprint density at radius 1 is 1.12 bits per heavy atom. The molecule has 2 aliphatic heterocycles. The highest BCUT2D eigenvalue weighted by atomic mass is 19.4. The number of pyridine rings is 1. The van der Waals surface area contributed by atoms with Crippen molar-refractivity contribution >= 4 is 11.7 Å². The molecule has 6 nitrogen and oxygen atoms in total. The second-order valence-corrected chi connectivity index (χ2v) is 7.91. The fraction of sp³-hybridized carbons (Fsp3) is 0.318. The van der Waals surface area contributed by atoms with Crippen LogP contribution >= 0.6 is 0 Å². The zero-order valence-corrected chi connectivity index (χ0v) is 16.9. The number of carbonyl (C=O) groups is 1. The minimum Gasteiger partial charge on any atom is -0.320 e. The number of amides is 2.